The van der Waals surface area contributed by atoms with E-state index in [1.54, 1.807) is 4.31 Å². The SMILES string of the molecule is O=C1Nc2ccccc2SN1c1ccc(Br)cc1. The number of amides is 2. The number of nitrogens with one attached hydrogen (secondary N) is 1. The zero-order chi connectivity index (χ0) is 12.5. The normalized spacial score (nSPS) is 14.1. The average molecular weight is 321 g/mol. The Labute approximate surface area is 117 Å². The number of anilines is 2. The molecule has 1 aliphatic heterocycles. The molecule has 1 aliphatic rings. The molecule has 18 heavy (non-hydrogen) atoms. The van der Waals surface area contributed by atoms with Gasteiger partial charge in [0.15, 0.2) is 0 Å². The van der Waals surface area contributed by atoms with E-state index in [-0.39, 0.29) is 6.03 Å². The fraction of sp³-hybridized carbons (Fsp3) is 0. The summed E-state index contributed by atoms with van der Waals surface area (Å²) in [6.45, 7) is 0. The number of urea groups is 1. The van der Waals surface area contributed by atoms with E-state index in [2.05, 4.69) is 21.2 Å². The minimum Gasteiger partial charge on any atom is -0.306 e. The largest absolute Gasteiger partial charge is 0.336 e. The van der Waals surface area contributed by atoms with Crippen molar-refractivity contribution >= 4 is 45.3 Å². The number of carbonyl (C=O) groups is 1. The minimum atomic E-state index is -0.124. The van der Waals surface area contributed by atoms with E-state index >= 15 is 0 Å². The summed E-state index contributed by atoms with van der Waals surface area (Å²) < 4.78 is 2.64. The zero-order valence-corrected chi connectivity index (χ0v) is 11.7. The molecule has 0 aliphatic carbocycles. The molecule has 0 unspecified atom stereocenters. The number of hydrogen-bond donors (Lipinski definition) is 1. The lowest BCUT2D eigenvalue weighted by Crippen LogP contribution is -2.32. The predicted molar refractivity (Wildman–Crippen MR) is 77.9 cm³/mol. The van der Waals surface area contributed by atoms with Gasteiger partial charge in [-0.1, -0.05) is 28.1 Å². The standard InChI is InChI=1S/C13H9BrN2OS/c14-9-5-7-10(8-6-9)16-13(17)15-11-3-1-2-4-12(11)18-16/h1-8H,(H,15,17). The van der Waals surface area contributed by atoms with Gasteiger partial charge in [-0.15, -0.1) is 0 Å². The van der Waals surface area contributed by atoms with Crippen LogP contribution in [0, 0.1) is 0 Å². The van der Waals surface area contributed by atoms with Gasteiger partial charge in [-0.2, -0.15) is 0 Å². The molecule has 2 amide bonds. The predicted octanol–water partition coefficient (Wildman–Crippen LogP) is 4.51. The Balaban J connectivity index is 1.95. The van der Waals surface area contributed by atoms with Gasteiger partial charge in [0.25, 0.3) is 0 Å². The Kier molecular flexibility index (Phi) is 3.01. The Morgan fingerprint density at radius 3 is 2.56 bits per heavy atom. The first-order chi connectivity index (χ1) is 8.74. The molecular formula is C13H9BrN2OS. The minimum absolute atomic E-state index is 0.124. The van der Waals surface area contributed by atoms with Crippen LogP contribution in [0.15, 0.2) is 57.9 Å². The van der Waals surface area contributed by atoms with E-state index in [0.29, 0.717) is 0 Å². The van der Waals surface area contributed by atoms with Crippen LogP contribution in [0.3, 0.4) is 0 Å². The van der Waals surface area contributed by atoms with Crippen LogP contribution in [0.1, 0.15) is 0 Å². The second-order valence-electron chi connectivity index (χ2n) is 3.79. The van der Waals surface area contributed by atoms with E-state index < -0.39 is 0 Å². The molecule has 0 saturated carbocycles. The summed E-state index contributed by atoms with van der Waals surface area (Å²) in [5.74, 6) is 0. The summed E-state index contributed by atoms with van der Waals surface area (Å²) in [5.41, 5.74) is 1.72. The number of nitrogens with zero attached hydrogens (tertiary/aromatic N) is 1. The summed E-state index contributed by atoms with van der Waals surface area (Å²) in [5, 5.41) is 2.88. The van der Waals surface area contributed by atoms with Crippen molar-refractivity contribution in [3.8, 4) is 0 Å². The van der Waals surface area contributed by atoms with Crippen molar-refractivity contribution < 1.29 is 4.79 Å². The van der Waals surface area contributed by atoms with Crippen molar-refractivity contribution in [2.45, 2.75) is 4.90 Å². The Hall–Kier alpha value is -1.46. The van der Waals surface area contributed by atoms with Crippen LogP contribution < -0.4 is 9.62 Å². The summed E-state index contributed by atoms with van der Waals surface area (Å²) in [6, 6.07) is 15.3. The van der Waals surface area contributed by atoms with Crippen molar-refractivity contribution in [1.82, 2.24) is 0 Å². The Bertz CT molecular complexity index is 600. The highest BCUT2D eigenvalue weighted by Crippen LogP contribution is 2.38. The van der Waals surface area contributed by atoms with Crippen molar-refractivity contribution in [2.75, 3.05) is 9.62 Å². The van der Waals surface area contributed by atoms with Gasteiger partial charge in [0.05, 0.1) is 16.3 Å². The average Bonchev–Trinajstić information content (AvgIpc) is 2.39. The molecule has 2 aromatic rings. The van der Waals surface area contributed by atoms with Crippen molar-refractivity contribution in [1.29, 1.82) is 0 Å². The quantitative estimate of drug-likeness (QED) is 0.784. The number of rotatable bonds is 1. The fourth-order valence-corrected chi connectivity index (χ4v) is 2.88. The molecule has 0 saturated heterocycles. The Morgan fingerprint density at radius 1 is 1.06 bits per heavy atom. The smallest absolute Gasteiger partial charge is 0.306 e. The number of halogens is 1. The zero-order valence-electron chi connectivity index (χ0n) is 9.26. The fourth-order valence-electron chi connectivity index (χ4n) is 1.70. The van der Waals surface area contributed by atoms with Gasteiger partial charge in [0, 0.05) is 4.47 Å². The molecule has 5 heteroatoms. The number of benzene rings is 2. The van der Waals surface area contributed by atoms with Crippen molar-refractivity contribution in [2.24, 2.45) is 0 Å². The first-order valence-corrected chi connectivity index (χ1v) is 6.94. The second kappa shape index (κ2) is 4.66. The molecule has 0 aromatic heterocycles. The van der Waals surface area contributed by atoms with E-state index in [1.165, 1.54) is 11.9 Å². The molecule has 1 heterocycles. The van der Waals surface area contributed by atoms with Gasteiger partial charge in [-0.25, -0.2) is 9.10 Å². The van der Waals surface area contributed by atoms with Gasteiger partial charge in [0.2, 0.25) is 0 Å². The van der Waals surface area contributed by atoms with E-state index in [1.807, 2.05) is 48.5 Å². The highest BCUT2D eigenvalue weighted by molar-refractivity contribution is 9.10. The monoisotopic (exact) mass is 320 g/mol. The van der Waals surface area contributed by atoms with Crippen LogP contribution in [-0.4, -0.2) is 6.03 Å². The van der Waals surface area contributed by atoms with Crippen molar-refractivity contribution in [3.05, 3.63) is 53.0 Å². The molecule has 3 rings (SSSR count). The van der Waals surface area contributed by atoms with Crippen LogP contribution >= 0.6 is 27.9 Å². The van der Waals surface area contributed by atoms with Gasteiger partial charge in [-0.05, 0) is 48.3 Å². The maximum atomic E-state index is 12.0. The van der Waals surface area contributed by atoms with Gasteiger partial charge >= 0.3 is 6.03 Å². The Morgan fingerprint density at radius 2 is 1.78 bits per heavy atom. The molecule has 0 fully saturated rings. The van der Waals surface area contributed by atoms with Crippen LogP contribution in [0.4, 0.5) is 16.2 Å². The van der Waals surface area contributed by atoms with Crippen LogP contribution in [-0.2, 0) is 0 Å². The lowest BCUT2D eigenvalue weighted by atomic mass is 10.3. The summed E-state index contributed by atoms with van der Waals surface area (Å²) in [6.07, 6.45) is 0. The van der Waals surface area contributed by atoms with Gasteiger partial charge in [-0.3, -0.25) is 0 Å². The summed E-state index contributed by atoms with van der Waals surface area (Å²) >= 11 is 4.81. The molecule has 0 radical (unpaired) electrons. The van der Waals surface area contributed by atoms with Crippen LogP contribution in [0.5, 0.6) is 0 Å². The van der Waals surface area contributed by atoms with E-state index in [9.17, 15) is 4.79 Å². The topological polar surface area (TPSA) is 32.3 Å². The number of carbonyl (C=O) groups excluding carboxylic acids is 1. The lowest BCUT2D eigenvalue weighted by Gasteiger charge is -2.27. The molecule has 0 spiro atoms. The molecule has 0 bridgehead atoms. The number of hydrogen-bond acceptors (Lipinski definition) is 2. The third kappa shape index (κ3) is 2.11. The first kappa shape index (κ1) is 11.6. The summed E-state index contributed by atoms with van der Waals surface area (Å²) in [7, 11) is 0. The molecule has 0 atom stereocenters. The number of fused-ring (bicyclic) bond motifs is 1. The van der Waals surface area contributed by atoms with Gasteiger partial charge < -0.3 is 5.32 Å². The first-order valence-electron chi connectivity index (χ1n) is 5.38. The van der Waals surface area contributed by atoms with Gasteiger partial charge in [0.1, 0.15) is 0 Å². The molecule has 3 nitrogen and oxygen atoms in total. The molecular weight excluding hydrogens is 312 g/mol. The third-order valence-electron chi connectivity index (χ3n) is 2.56. The third-order valence-corrected chi connectivity index (χ3v) is 4.20. The highest BCUT2D eigenvalue weighted by Gasteiger charge is 2.24. The van der Waals surface area contributed by atoms with Crippen LogP contribution in [0.25, 0.3) is 0 Å². The lowest BCUT2D eigenvalue weighted by molar-refractivity contribution is 0.260. The molecule has 2 aromatic carbocycles. The van der Waals surface area contributed by atoms with Crippen molar-refractivity contribution in [3.63, 3.8) is 0 Å². The molecule has 90 valence electrons. The van der Waals surface area contributed by atoms with E-state index in [4.69, 9.17) is 0 Å². The number of para-hydroxylation sites is 1. The maximum Gasteiger partial charge on any atom is 0.336 e. The summed E-state index contributed by atoms with van der Waals surface area (Å²) in [4.78, 5) is 13.1. The van der Waals surface area contributed by atoms with E-state index in [0.717, 1.165) is 20.7 Å². The maximum absolute atomic E-state index is 12.0. The molecule has 1 N–H and O–H groups in total. The highest BCUT2D eigenvalue weighted by atomic mass is 79.9. The second-order valence-corrected chi connectivity index (χ2v) is 5.69. The van der Waals surface area contributed by atoms with Crippen LogP contribution in [0.2, 0.25) is 0 Å².